The molecule has 1 amide bonds. The van der Waals surface area contributed by atoms with Crippen molar-refractivity contribution in [3.05, 3.63) is 34.6 Å². The largest absolute Gasteiger partial charge is 0.342 e. The lowest BCUT2D eigenvalue weighted by Gasteiger charge is -2.37. The molecule has 1 saturated heterocycles. The Morgan fingerprint density at radius 2 is 2.07 bits per heavy atom. The van der Waals surface area contributed by atoms with Gasteiger partial charge < -0.3 is 9.42 Å². The minimum absolute atomic E-state index is 0.0724. The van der Waals surface area contributed by atoms with E-state index in [1.165, 1.54) is 19.3 Å². The van der Waals surface area contributed by atoms with Gasteiger partial charge in [-0.15, -0.1) is 0 Å². The number of nitrogens with zero attached hydrogens (tertiary/aromatic N) is 4. The monoisotopic (exact) mass is 460 g/mol. The third-order valence-electron chi connectivity index (χ3n) is 6.23. The smallest absolute Gasteiger partial charge is 0.241 e. The van der Waals surface area contributed by atoms with E-state index >= 15 is 0 Å². The Bertz CT molecular complexity index is 834. The second kappa shape index (κ2) is 9.39. The zero-order valence-corrected chi connectivity index (χ0v) is 18.6. The lowest BCUT2D eigenvalue weighted by molar-refractivity contribution is -0.138. The summed E-state index contributed by atoms with van der Waals surface area (Å²) in [5.74, 6) is 1.58. The Labute approximate surface area is 180 Å². The zero-order valence-electron chi connectivity index (χ0n) is 17.0. The van der Waals surface area contributed by atoms with Gasteiger partial charge in [-0.3, -0.25) is 9.69 Å². The van der Waals surface area contributed by atoms with Crippen LogP contribution in [0.15, 0.2) is 33.3 Å². The molecule has 0 spiro atoms. The van der Waals surface area contributed by atoms with E-state index in [2.05, 4.69) is 31.0 Å². The number of piperidine rings is 1. The first-order valence-corrected chi connectivity index (χ1v) is 11.5. The van der Waals surface area contributed by atoms with Crippen molar-refractivity contribution >= 4 is 21.8 Å². The van der Waals surface area contributed by atoms with Gasteiger partial charge in [0, 0.05) is 29.7 Å². The van der Waals surface area contributed by atoms with Crippen LogP contribution < -0.4 is 0 Å². The molecule has 1 aromatic carbocycles. The van der Waals surface area contributed by atoms with Crippen LogP contribution in [0.4, 0.5) is 0 Å². The number of likely N-dealkylation sites (tertiary alicyclic amines) is 1. The van der Waals surface area contributed by atoms with Gasteiger partial charge in [0.1, 0.15) is 0 Å². The molecule has 29 heavy (non-hydrogen) atoms. The molecular formula is C22H29BrN4O2. The van der Waals surface area contributed by atoms with Gasteiger partial charge in [-0.25, -0.2) is 0 Å². The third-order valence-corrected chi connectivity index (χ3v) is 6.73. The lowest BCUT2D eigenvalue weighted by atomic mass is 9.91. The van der Waals surface area contributed by atoms with E-state index in [0.717, 1.165) is 48.8 Å². The highest BCUT2D eigenvalue weighted by Gasteiger charge is 2.31. The fourth-order valence-corrected chi connectivity index (χ4v) is 4.99. The maximum absolute atomic E-state index is 13.1. The van der Waals surface area contributed by atoms with Gasteiger partial charge in [0.2, 0.25) is 17.6 Å². The number of carbonyl (C=O) groups is 1. The summed E-state index contributed by atoms with van der Waals surface area (Å²) in [6, 6.07) is 8.30. The van der Waals surface area contributed by atoms with Crippen LogP contribution >= 0.6 is 15.9 Å². The Balaban J connectivity index is 1.36. The predicted octanol–water partition coefficient (Wildman–Crippen LogP) is 4.50. The van der Waals surface area contributed by atoms with E-state index in [-0.39, 0.29) is 5.92 Å². The van der Waals surface area contributed by atoms with Gasteiger partial charge in [-0.05, 0) is 44.4 Å². The van der Waals surface area contributed by atoms with Crippen LogP contribution in [0.25, 0.3) is 11.4 Å². The normalized spacial score (nSPS) is 21.2. The Morgan fingerprint density at radius 3 is 2.86 bits per heavy atom. The molecule has 0 bridgehead atoms. The van der Waals surface area contributed by atoms with Crippen LogP contribution in [0.3, 0.4) is 0 Å². The number of rotatable bonds is 5. The first-order chi connectivity index (χ1) is 14.1. The maximum Gasteiger partial charge on any atom is 0.241 e. The molecule has 0 radical (unpaired) electrons. The second-order valence-corrected chi connectivity index (χ2v) is 9.25. The summed E-state index contributed by atoms with van der Waals surface area (Å²) in [5, 5.41) is 4.13. The van der Waals surface area contributed by atoms with Gasteiger partial charge in [0.05, 0.1) is 12.5 Å². The van der Waals surface area contributed by atoms with Crippen molar-refractivity contribution in [1.29, 1.82) is 0 Å². The summed E-state index contributed by atoms with van der Waals surface area (Å²) in [5.41, 5.74) is 0.926. The number of benzene rings is 1. The number of hydrogen-bond donors (Lipinski definition) is 0. The van der Waals surface area contributed by atoms with Crippen molar-refractivity contribution in [3.63, 3.8) is 0 Å². The number of halogens is 1. The average Bonchev–Trinajstić information content (AvgIpc) is 3.22. The van der Waals surface area contributed by atoms with Crippen LogP contribution in [0.5, 0.6) is 0 Å². The second-order valence-electron chi connectivity index (χ2n) is 8.34. The molecule has 1 aliphatic heterocycles. The van der Waals surface area contributed by atoms with E-state index in [0.29, 0.717) is 30.2 Å². The Kier molecular flexibility index (Phi) is 6.65. The van der Waals surface area contributed by atoms with Crippen molar-refractivity contribution in [2.75, 3.05) is 20.1 Å². The fourth-order valence-electron chi connectivity index (χ4n) is 4.59. The summed E-state index contributed by atoms with van der Waals surface area (Å²) < 4.78 is 6.47. The molecule has 1 saturated carbocycles. The zero-order chi connectivity index (χ0) is 20.2. The van der Waals surface area contributed by atoms with Crippen LogP contribution in [0, 0.1) is 5.92 Å². The molecule has 1 aliphatic carbocycles. The van der Waals surface area contributed by atoms with E-state index in [4.69, 9.17) is 4.52 Å². The molecule has 4 rings (SSSR count). The fraction of sp³-hybridized carbons (Fsp3) is 0.591. The number of hydrogen-bond acceptors (Lipinski definition) is 5. The molecule has 2 aromatic rings. The molecular weight excluding hydrogens is 432 g/mol. The highest BCUT2D eigenvalue weighted by molar-refractivity contribution is 9.10. The van der Waals surface area contributed by atoms with Gasteiger partial charge in [-0.2, -0.15) is 4.98 Å². The van der Waals surface area contributed by atoms with Crippen LogP contribution in [-0.4, -0.2) is 52.0 Å². The summed E-state index contributed by atoms with van der Waals surface area (Å²) in [6.45, 7) is 2.33. The SMILES string of the molecule is CN(C(=O)C1CCCN(Cc2nc(-c3cccc(Br)c3)no2)C1)C1CCCCC1. The summed E-state index contributed by atoms with van der Waals surface area (Å²) in [7, 11) is 2.00. The van der Waals surface area contributed by atoms with Crippen molar-refractivity contribution in [2.45, 2.75) is 57.5 Å². The molecule has 2 heterocycles. The van der Waals surface area contributed by atoms with Gasteiger partial charge in [0.25, 0.3) is 0 Å². The number of aromatic nitrogens is 2. The summed E-state index contributed by atoms with van der Waals surface area (Å²) >= 11 is 3.48. The van der Waals surface area contributed by atoms with Crippen molar-refractivity contribution in [2.24, 2.45) is 5.92 Å². The van der Waals surface area contributed by atoms with Gasteiger partial charge >= 0.3 is 0 Å². The molecule has 1 aromatic heterocycles. The van der Waals surface area contributed by atoms with E-state index in [1.807, 2.05) is 36.2 Å². The van der Waals surface area contributed by atoms with Gasteiger partial charge in [-0.1, -0.05) is 52.5 Å². The van der Waals surface area contributed by atoms with Crippen molar-refractivity contribution < 1.29 is 9.32 Å². The average molecular weight is 461 g/mol. The maximum atomic E-state index is 13.1. The minimum atomic E-state index is 0.0724. The summed E-state index contributed by atoms with van der Waals surface area (Å²) in [6.07, 6.45) is 8.11. The van der Waals surface area contributed by atoms with Crippen molar-refractivity contribution in [3.8, 4) is 11.4 Å². The quantitative estimate of drug-likeness (QED) is 0.656. The van der Waals surface area contributed by atoms with E-state index in [1.54, 1.807) is 0 Å². The number of carbonyl (C=O) groups excluding carboxylic acids is 1. The molecule has 6 nitrogen and oxygen atoms in total. The molecule has 7 heteroatoms. The van der Waals surface area contributed by atoms with Crippen LogP contribution in [-0.2, 0) is 11.3 Å². The highest BCUT2D eigenvalue weighted by atomic mass is 79.9. The first-order valence-electron chi connectivity index (χ1n) is 10.7. The van der Waals surface area contributed by atoms with Crippen molar-refractivity contribution in [1.82, 2.24) is 19.9 Å². The first kappa shape index (κ1) is 20.5. The predicted molar refractivity (Wildman–Crippen MR) is 115 cm³/mol. The molecule has 0 N–H and O–H groups in total. The molecule has 2 fully saturated rings. The molecule has 156 valence electrons. The van der Waals surface area contributed by atoms with Crippen LogP contribution in [0.1, 0.15) is 50.8 Å². The Morgan fingerprint density at radius 1 is 1.24 bits per heavy atom. The Hall–Kier alpha value is -1.73. The minimum Gasteiger partial charge on any atom is -0.342 e. The molecule has 1 atom stereocenters. The molecule has 2 aliphatic rings. The lowest BCUT2D eigenvalue weighted by Crippen LogP contribution is -2.47. The van der Waals surface area contributed by atoms with Gasteiger partial charge in [0.15, 0.2) is 0 Å². The number of amides is 1. The third kappa shape index (κ3) is 5.07. The highest BCUT2D eigenvalue weighted by Crippen LogP contribution is 2.26. The topological polar surface area (TPSA) is 62.5 Å². The van der Waals surface area contributed by atoms with E-state index in [9.17, 15) is 4.79 Å². The molecule has 1 unspecified atom stereocenters. The summed E-state index contributed by atoms with van der Waals surface area (Å²) in [4.78, 5) is 21.9. The standard InChI is InChI=1S/C22H29BrN4O2/c1-26(19-10-3-2-4-11-19)22(28)17-8-6-12-27(14-17)15-20-24-21(25-29-20)16-7-5-9-18(23)13-16/h5,7,9,13,17,19H,2-4,6,8,10-12,14-15H2,1H3. The van der Waals surface area contributed by atoms with Crippen LogP contribution in [0.2, 0.25) is 0 Å². The van der Waals surface area contributed by atoms with E-state index < -0.39 is 0 Å².